The molecule has 8 aromatic carbocycles. The third-order valence-electron chi connectivity index (χ3n) is 13.4. The molecule has 0 fully saturated rings. The molecular formula is C65H59N3O. The number of rotatable bonds is 10. The summed E-state index contributed by atoms with van der Waals surface area (Å²) in [6.07, 6.45) is 1.88. The van der Waals surface area contributed by atoms with Gasteiger partial charge in [-0.3, -0.25) is 9.55 Å². The van der Waals surface area contributed by atoms with Gasteiger partial charge in [0.25, 0.3) is 0 Å². The maximum absolute atomic E-state index is 12.6. The molecule has 340 valence electrons. The van der Waals surface area contributed by atoms with Gasteiger partial charge in [-0.25, -0.2) is 4.98 Å². The Morgan fingerprint density at radius 1 is 0.507 bits per heavy atom. The SMILES string of the molecule is [2H]C(C)(C)c1cc(-c2nc3c(-c4cc(-c5ccccc5)cc(-c5cc(-c6ccccc6)ccn5)c4)cccc3n2-c2cc(C)c(-c3ccc(C(C)(C)C)cc3)cc2-c2ccccc2)c(O)c(C([2H])(C)C)c1. The van der Waals surface area contributed by atoms with Gasteiger partial charge in [-0.05, 0) is 145 Å². The highest BCUT2D eigenvalue weighted by Gasteiger charge is 2.26. The van der Waals surface area contributed by atoms with E-state index in [0.717, 1.165) is 89.2 Å². The smallest absolute Gasteiger partial charge is 0.149 e. The Bertz CT molecular complexity index is 3580. The van der Waals surface area contributed by atoms with E-state index in [1.54, 1.807) is 13.8 Å². The van der Waals surface area contributed by atoms with Gasteiger partial charge in [-0.1, -0.05) is 182 Å². The van der Waals surface area contributed by atoms with E-state index >= 15 is 0 Å². The van der Waals surface area contributed by atoms with Crippen LogP contribution in [0.5, 0.6) is 5.75 Å². The lowest BCUT2D eigenvalue weighted by atomic mass is 9.85. The Hall–Kier alpha value is -7.82. The zero-order valence-electron chi connectivity index (χ0n) is 42.8. The minimum absolute atomic E-state index is 0.0201. The highest BCUT2D eigenvalue weighted by Crippen LogP contribution is 2.45. The van der Waals surface area contributed by atoms with Crippen LogP contribution in [0.25, 0.3) is 95.0 Å². The lowest BCUT2D eigenvalue weighted by Crippen LogP contribution is -2.10. The van der Waals surface area contributed by atoms with Gasteiger partial charge in [0.15, 0.2) is 0 Å². The Balaban J connectivity index is 1.28. The van der Waals surface area contributed by atoms with Crippen molar-refractivity contribution in [1.29, 1.82) is 0 Å². The number of aryl methyl sites for hydroxylation is 1. The highest BCUT2D eigenvalue weighted by molar-refractivity contribution is 5.99. The van der Waals surface area contributed by atoms with Gasteiger partial charge in [0.1, 0.15) is 11.6 Å². The molecule has 2 heterocycles. The van der Waals surface area contributed by atoms with Crippen molar-refractivity contribution in [2.75, 3.05) is 0 Å². The molecular weight excluding hydrogens is 839 g/mol. The van der Waals surface area contributed by atoms with E-state index in [9.17, 15) is 7.85 Å². The molecule has 10 rings (SSSR count). The summed E-state index contributed by atoms with van der Waals surface area (Å²) in [5.74, 6) is -1.74. The fourth-order valence-electron chi connectivity index (χ4n) is 9.55. The van der Waals surface area contributed by atoms with Crippen LogP contribution in [-0.4, -0.2) is 19.6 Å². The monoisotopic (exact) mass is 899 g/mol. The van der Waals surface area contributed by atoms with Gasteiger partial charge in [-0.2, -0.15) is 0 Å². The zero-order valence-corrected chi connectivity index (χ0v) is 40.8. The topological polar surface area (TPSA) is 50.9 Å². The predicted octanol–water partition coefficient (Wildman–Crippen LogP) is 17.6. The van der Waals surface area contributed by atoms with Gasteiger partial charge >= 0.3 is 0 Å². The fraction of sp³-hybridized carbons (Fsp3) is 0.169. The molecule has 0 aliphatic carbocycles. The number of aromatic nitrogens is 3. The molecule has 0 bridgehead atoms. The first-order chi connectivity index (χ1) is 33.9. The van der Waals surface area contributed by atoms with Crippen LogP contribution in [0.1, 0.15) is 85.2 Å². The molecule has 0 aliphatic heterocycles. The number of nitrogens with zero attached hydrogens (tertiary/aromatic N) is 3. The van der Waals surface area contributed by atoms with Crippen molar-refractivity contribution in [2.45, 2.75) is 72.6 Å². The van der Waals surface area contributed by atoms with E-state index in [1.165, 1.54) is 5.56 Å². The number of phenols is 1. The molecule has 0 unspecified atom stereocenters. The minimum atomic E-state index is -1.18. The lowest BCUT2D eigenvalue weighted by Gasteiger charge is -2.22. The summed E-state index contributed by atoms with van der Waals surface area (Å²) in [6, 6.07) is 65.6. The first-order valence-corrected chi connectivity index (χ1v) is 23.9. The third-order valence-corrected chi connectivity index (χ3v) is 13.4. The molecule has 0 saturated carbocycles. The summed E-state index contributed by atoms with van der Waals surface area (Å²) in [5.41, 5.74) is 18.7. The standard InChI is InChI=1S/C65H59N3O/c1-41(2)49-37-55(42(3)4)63(69)58(38-49)64-67-62-54(51-34-50(45-21-14-10-15-22-45)35-52(36-51)59-39-48(31-32-66-59)44-19-12-9-13-20-44)25-18-26-60(62)68(64)61-33-43(5)56(40-57(61)46-23-16-11-17-24-46)47-27-29-53(30-28-47)65(6,7)8/h9-42,69H,1-8H3/i41D,42D. The number of para-hydroxylation sites is 1. The van der Waals surface area contributed by atoms with Crippen LogP contribution in [0.15, 0.2) is 194 Å². The average Bonchev–Trinajstić information content (AvgIpc) is 3.75. The molecule has 0 spiro atoms. The van der Waals surface area contributed by atoms with Crippen molar-refractivity contribution >= 4 is 11.0 Å². The van der Waals surface area contributed by atoms with Crippen LogP contribution in [0.2, 0.25) is 0 Å². The van der Waals surface area contributed by atoms with Crippen LogP contribution in [-0.2, 0) is 5.41 Å². The zero-order chi connectivity index (χ0) is 49.8. The van der Waals surface area contributed by atoms with Crippen LogP contribution in [0.4, 0.5) is 0 Å². The quantitative estimate of drug-likeness (QED) is 0.149. The summed E-state index contributed by atoms with van der Waals surface area (Å²) in [6.45, 7) is 16.1. The normalized spacial score (nSPS) is 12.5. The molecule has 2 aromatic heterocycles. The van der Waals surface area contributed by atoms with Crippen LogP contribution in [0.3, 0.4) is 0 Å². The number of hydrogen-bond donors (Lipinski definition) is 1. The molecule has 1 N–H and O–H groups in total. The number of pyridine rings is 1. The molecule has 4 nitrogen and oxygen atoms in total. The van der Waals surface area contributed by atoms with Gasteiger partial charge in [0.2, 0.25) is 0 Å². The minimum Gasteiger partial charge on any atom is -0.507 e. The maximum Gasteiger partial charge on any atom is 0.149 e. The van der Waals surface area contributed by atoms with Crippen LogP contribution < -0.4 is 0 Å². The largest absolute Gasteiger partial charge is 0.507 e. The van der Waals surface area contributed by atoms with E-state index in [0.29, 0.717) is 22.5 Å². The Morgan fingerprint density at radius 2 is 1.12 bits per heavy atom. The van der Waals surface area contributed by atoms with E-state index in [4.69, 9.17) is 9.97 Å². The number of benzene rings is 8. The Kier molecular flexibility index (Phi) is 11.3. The number of hydrogen-bond acceptors (Lipinski definition) is 3. The summed E-state index contributed by atoms with van der Waals surface area (Å²) in [4.78, 5) is 10.6. The first kappa shape index (κ1) is 42.5. The summed E-state index contributed by atoms with van der Waals surface area (Å²) in [5, 5.41) is 12.6. The molecule has 0 aliphatic rings. The third kappa shape index (κ3) is 8.80. The summed E-state index contributed by atoms with van der Waals surface area (Å²) >= 11 is 0. The summed E-state index contributed by atoms with van der Waals surface area (Å²) in [7, 11) is 0. The maximum atomic E-state index is 12.6. The number of imidazole rings is 1. The van der Waals surface area contributed by atoms with Crippen molar-refractivity contribution in [3.63, 3.8) is 0 Å². The van der Waals surface area contributed by atoms with Crippen molar-refractivity contribution in [1.82, 2.24) is 14.5 Å². The van der Waals surface area contributed by atoms with E-state index in [-0.39, 0.29) is 11.2 Å². The second-order valence-electron chi connectivity index (χ2n) is 19.7. The summed E-state index contributed by atoms with van der Waals surface area (Å²) < 4.78 is 20.7. The van der Waals surface area contributed by atoms with Crippen LogP contribution >= 0.6 is 0 Å². The van der Waals surface area contributed by atoms with Crippen molar-refractivity contribution in [2.24, 2.45) is 0 Å². The highest BCUT2D eigenvalue weighted by atomic mass is 16.3. The van der Waals surface area contributed by atoms with Crippen molar-refractivity contribution in [3.05, 3.63) is 217 Å². The second-order valence-corrected chi connectivity index (χ2v) is 19.7. The molecule has 4 heteroatoms. The first-order valence-electron chi connectivity index (χ1n) is 24.9. The van der Waals surface area contributed by atoms with E-state index in [2.05, 4.69) is 190 Å². The fourth-order valence-corrected chi connectivity index (χ4v) is 9.55. The predicted molar refractivity (Wildman–Crippen MR) is 290 cm³/mol. The molecule has 0 saturated heterocycles. The molecule has 0 atom stereocenters. The van der Waals surface area contributed by atoms with Crippen molar-refractivity contribution < 1.29 is 7.85 Å². The van der Waals surface area contributed by atoms with Gasteiger partial charge in [-0.15, -0.1) is 0 Å². The molecule has 0 radical (unpaired) electrons. The number of aromatic hydroxyl groups is 1. The molecule has 10 aromatic rings. The van der Waals surface area contributed by atoms with Gasteiger partial charge in [0, 0.05) is 25.6 Å². The lowest BCUT2D eigenvalue weighted by molar-refractivity contribution is 0.466. The van der Waals surface area contributed by atoms with E-state index < -0.39 is 11.8 Å². The second kappa shape index (κ2) is 18.3. The van der Waals surface area contributed by atoms with E-state index in [1.807, 2.05) is 50.4 Å². The van der Waals surface area contributed by atoms with Crippen LogP contribution in [0, 0.1) is 6.92 Å². The average molecular weight is 900 g/mol. The van der Waals surface area contributed by atoms with Gasteiger partial charge < -0.3 is 5.11 Å². The number of phenolic OH excluding ortho intramolecular Hbond substituents is 1. The Morgan fingerprint density at radius 3 is 1.75 bits per heavy atom. The molecule has 0 amide bonds. The number of fused-ring (bicyclic) bond motifs is 1. The Labute approximate surface area is 410 Å². The van der Waals surface area contributed by atoms with Crippen molar-refractivity contribution in [3.8, 4) is 89.7 Å². The van der Waals surface area contributed by atoms with Gasteiger partial charge in [0.05, 0.1) is 28.0 Å². The molecule has 69 heavy (non-hydrogen) atoms.